The van der Waals surface area contributed by atoms with Crippen LogP contribution >= 0.6 is 0 Å². The molecule has 21 heavy (non-hydrogen) atoms. The predicted octanol–water partition coefficient (Wildman–Crippen LogP) is 1.68. The van der Waals surface area contributed by atoms with Crippen LogP contribution in [0.1, 0.15) is 46.0 Å². The number of hydrogen-bond donors (Lipinski definition) is 3. The van der Waals surface area contributed by atoms with Gasteiger partial charge < -0.3 is 20.4 Å². The van der Waals surface area contributed by atoms with Gasteiger partial charge in [-0.05, 0) is 25.2 Å². The molecular weight excluding hydrogens is 272 g/mol. The molecule has 1 atom stereocenters. The number of aliphatic carboxylic acids is 1. The first kappa shape index (κ1) is 17.8. The number of urea groups is 1. The summed E-state index contributed by atoms with van der Waals surface area (Å²) < 4.78 is 0. The van der Waals surface area contributed by atoms with Gasteiger partial charge >= 0.3 is 12.0 Å². The lowest BCUT2D eigenvalue weighted by molar-refractivity contribution is -0.142. The molecule has 1 unspecified atom stereocenters. The van der Waals surface area contributed by atoms with Crippen LogP contribution in [0.4, 0.5) is 4.79 Å². The Kier molecular flexibility index (Phi) is 6.45. The zero-order valence-corrected chi connectivity index (χ0v) is 13.3. The van der Waals surface area contributed by atoms with Gasteiger partial charge in [0.05, 0.1) is 18.1 Å². The van der Waals surface area contributed by atoms with Crippen molar-refractivity contribution in [3.05, 3.63) is 0 Å². The van der Waals surface area contributed by atoms with Crippen LogP contribution in [0.5, 0.6) is 0 Å². The monoisotopic (exact) mass is 300 g/mol. The van der Waals surface area contributed by atoms with E-state index in [-0.39, 0.29) is 18.5 Å². The van der Waals surface area contributed by atoms with Crippen LogP contribution in [0.25, 0.3) is 0 Å². The molecule has 6 nitrogen and oxygen atoms in total. The lowest BCUT2D eigenvalue weighted by atomic mass is 9.97. The maximum absolute atomic E-state index is 12.0. The van der Waals surface area contributed by atoms with Crippen LogP contribution in [0.2, 0.25) is 0 Å². The molecular formula is C15H28N2O4. The van der Waals surface area contributed by atoms with Gasteiger partial charge in [0.1, 0.15) is 0 Å². The van der Waals surface area contributed by atoms with E-state index in [2.05, 4.69) is 5.32 Å². The van der Waals surface area contributed by atoms with E-state index in [4.69, 9.17) is 5.11 Å². The molecule has 6 heteroatoms. The lowest BCUT2D eigenvalue weighted by Crippen LogP contribution is -2.47. The summed E-state index contributed by atoms with van der Waals surface area (Å²) in [5.74, 6) is -1.20. The average Bonchev–Trinajstić information content (AvgIpc) is 2.79. The second-order valence-electron chi connectivity index (χ2n) is 6.64. The number of nitrogens with one attached hydrogen (secondary N) is 1. The predicted molar refractivity (Wildman–Crippen MR) is 80.0 cm³/mol. The number of rotatable bonds is 7. The Hall–Kier alpha value is -1.30. The smallest absolute Gasteiger partial charge is 0.317 e. The molecule has 0 bridgehead atoms. The SMILES string of the molecule is CC(C)CC(CNC(=O)N(C)CC1(O)CCCC1)C(=O)O. The zero-order chi connectivity index (χ0) is 16.0. The summed E-state index contributed by atoms with van der Waals surface area (Å²) in [4.78, 5) is 24.6. The normalized spacial score (nSPS) is 18.5. The summed E-state index contributed by atoms with van der Waals surface area (Å²) in [6, 6.07) is -0.328. The Morgan fingerprint density at radius 1 is 1.29 bits per heavy atom. The first-order valence-corrected chi connectivity index (χ1v) is 7.67. The number of carbonyl (C=O) groups excluding carboxylic acids is 1. The quantitative estimate of drug-likeness (QED) is 0.667. The van der Waals surface area contributed by atoms with Crippen LogP contribution in [-0.4, -0.2) is 52.9 Å². The van der Waals surface area contributed by atoms with E-state index in [1.165, 1.54) is 4.90 Å². The molecule has 3 N–H and O–H groups in total. The summed E-state index contributed by atoms with van der Waals surface area (Å²) in [5, 5.41) is 22.1. The number of carboxylic acid groups (broad SMARTS) is 1. The van der Waals surface area contributed by atoms with Gasteiger partial charge in [-0.25, -0.2) is 4.79 Å². The van der Waals surface area contributed by atoms with Crippen molar-refractivity contribution < 1.29 is 19.8 Å². The molecule has 0 radical (unpaired) electrons. The van der Waals surface area contributed by atoms with Gasteiger partial charge in [0, 0.05) is 13.6 Å². The molecule has 0 heterocycles. The van der Waals surface area contributed by atoms with Gasteiger partial charge in [-0.1, -0.05) is 26.7 Å². The van der Waals surface area contributed by atoms with Crippen LogP contribution < -0.4 is 5.32 Å². The maximum Gasteiger partial charge on any atom is 0.317 e. The van der Waals surface area contributed by atoms with E-state index in [0.29, 0.717) is 13.0 Å². The van der Waals surface area contributed by atoms with Crippen molar-refractivity contribution in [3.63, 3.8) is 0 Å². The number of aliphatic hydroxyl groups is 1. The van der Waals surface area contributed by atoms with Crippen LogP contribution in [-0.2, 0) is 4.79 Å². The molecule has 1 saturated carbocycles. The lowest BCUT2D eigenvalue weighted by Gasteiger charge is -2.29. The van der Waals surface area contributed by atoms with Gasteiger partial charge in [0.2, 0.25) is 0 Å². The third-order valence-corrected chi connectivity index (χ3v) is 4.02. The molecule has 0 saturated heterocycles. The minimum Gasteiger partial charge on any atom is -0.481 e. The number of carboxylic acids is 1. The molecule has 0 aliphatic heterocycles. The van der Waals surface area contributed by atoms with Crippen molar-refractivity contribution in [3.8, 4) is 0 Å². The molecule has 122 valence electrons. The highest BCUT2D eigenvalue weighted by atomic mass is 16.4. The molecule has 1 fully saturated rings. The zero-order valence-electron chi connectivity index (χ0n) is 13.3. The molecule has 2 amide bonds. The van der Waals surface area contributed by atoms with Gasteiger partial charge in [-0.2, -0.15) is 0 Å². The van der Waals surface area contributed by atoms with Gasteiger partial charge in [-0.3, -0.25) is 4.79 Å². The molecule has 0 aromatic heterocycles. The number of amides is 2. The van der Waals surface area contributed by atoms with Gasteiger partial charge in [0.25, 0.3) is 0 Å². The van der Waals surface area contributed by atoms with Crippen molar-refractivity contribution in [2.45, 2.75) is 51.6 Å². The van der Waals surface area contributed by atoms with Crippen LogP contribution in [0, 0.1) is 11.8 Å². The van der Waals surface area contributed by atoms with Gasteiger partial charge in [0.15, 0.2) is 0 Å². The summed E-state index contributed by atoms with van der Waals surface area (Å²) >= 11 is 0. The van der Waals surface area contributed by atoms with E-state index in [9.17, 15) is 14.7 Å². The first-order valence-electron chi connectivity index (χ1n) is 7.67. The highest BCUT2D eigenvalue weighted by Gasteiger charge is 2.33. The van der Waals surface area contributed by atoms with Crippen molar-refractivity contribution in [1.82, 2.24) is 10.2 Å². The third kappa shape index (κ3) is 5.91. The van der Waals surface area contributed by atoms with Crippen LogP contribution in [0.15, 0.2) is 0 Å². The second-order valence-corrected chi connectivity index (χ2v) is 6.64. The van der Waals surface area contributed by atoms with E-state index >= 15 is 0 Å². The molecule has 1 aliphatic rings. The topological polar surface area (TPSA) is 89.9 Å². The Balaban J connectivity index is 2.42. The first-order chi connectivity index (χ1) is 9.73. The fourth-order valence-corrected chi connectivity index (χ4v) is 2.89. The van der Waals surface area contributed by atoms with Gasteiger partial charge in [-0.15, -0.1) is 0 Å². The highest BCUT2D eigenvalue weighted by molar-refractivity contribution is 5.75. The van der Waals surface area contributed by atoms with Crippen molar-refractivity contribution in [2.75, 3.05) is 20.1 Å². The molecule has 0 aromatic rings. The van der Waals surface area contributed by atoms with Crippen molar-refractivity contribution >= 4 is 12.0 Å². The number of carbonyl (C=O) groups is 2. The minimum absolute atomic E-state index is 0.120. The number of hydrogen-bond acceptors (Lipinski definition) is 3. The fourth-order valence-electron chi connectivity index (χ4n) is 2.89. The number of likely N-dealkylation sites (N-methyl/N-ethyl adjacent to an activating group) is 1. The fraction of sp³-hybridized carbons (Fsp3) is 0.867. The Bertz CT molecular complexity index is 365. The summed E-state index contributed by atoms with van der Waals surface area (Å²) in [6.07, 6.45) is 3.94. The molecule has 1 aliphatic carbocycles. The van der Waals surface area contributed by atoms with E-state index < -0.39 is 17.5 Å². The summed E-state index contributed by atoms with van der Waals surface area (Å²) in [6.45, 7) is 4.33. The average molecular weight is 300 g/mol. The molecule has 1 rings (SSSR count). The molecule has 0 spiro atoms. The summed E-state index contributed by atoms with van der Waals surface area (Å²) in [7, 11) is 1.63. The Labute approximate surface area is 126 Å². The van der Waals surface area contributed by atoms with E-state index in [1.807, 2.05) is 13.8 Å². The van der Waals surface area contributed by atoms with Crippen molar-refractivity contribution in [2.24, 2.45) is 11.8 Å². The molecule has 0 aromatic carbocycles. The maximum atomic E-state index is 12.0. The van der Waals surface area contributed by atoms with Crippen LogP contribution in [0.3, 0.4) is 0 Å². The van der Waals surface area contributed by atoms with Crippen molar-refractivity contribution in [1.29, 1.82) is 0 Å². The van der Waals surface area contributed by atoms with E-state index in [1.54, 1.807) is 7.05 Å². The standard InChI is InChI=1S/C15H28N2O4/c1-11(2)8-12(13(18)19)9-16-14(20)17(3)10-15(21)6-4-5-7-15/h11-12,21H,4-10H2,1-3H3,(H,16,20)(H,18,19). The third-order valence-electron chi connectivity index (χ3n) is 4.02. The Morgan fingerprint density at radius 2 is 1.86 bits per heavy atom. The highest BCUT2D eigenvalue weighted by Crippen LogP contribution is 2.29. The second kappa shape index (κ2) is 7.64. The largest absolute Gasteiger partial charge is 0.481 e. The minimum atomic E-state index is -0.888. The van der Waals surface area contributed by atoms with E-state index in [0.717, 1.165) is 25.7 Å². The Morgan fingerprint density at radius 3 is 2.33 bits per heavy atom. The summed E-state index contributed by atoms with van der Waals surface area (Å²) in [5.41, 5.74) is -0.782. The number of nitrogens with zero attached hydrogens (tertiary/aromatic N) is 1.